The van der Waals surface area contributed by atoms with Crippen LogP contribution in [0.3, 0.4) is 0 Å². The SMILES string of the molecule is Cc1ccc(N2CCN(c3cc(C)nc4ncnn34)CC2)c(C)c1. The number of aryl methyl sites for hydroxylation is 3. The largest absolute Gasteiger partial charge is 0.368 e. The Morgan fingerprint density at radius 2 is 1.67 bits per heavy atom. The summed E-state index contributed by atoms with van der Waals surface area (Å²) in [7, 11) is 0. The van der Waals surface area contributed by atoms with Crippen LogP contribution in [-0.4, -0.2) is 45.8 Å². The maximum Gasteiger partial charge on any atom is 0.254 e. The van der Waals surface area contributed by atoms with Crippen LogP contribution in [0.5, 0.6) is 0 Å². The van der Waals surface area contributed by atoms with Gasteiger partial charge in [-0.3, -0.25) is 0 Å². The fourth-order valence-electron chi connectivity index (χ4n) is 3.47. The van der Waals surface area contributed by atoms with Crippen molar-refractivity contribution in [3.63, 3.8) is 0 Å². The predicted molar refractivity (Wildman–Crippen MR) is 95.9 cm³/mol. The summed E-state index contributed by atoms with van der Waals surface area (Å²) in [6, 6.07) is 8.79. The van der Waals surface area contributed by atoms with E-state index in [2.05, 4.69) is 63.0 Å². The summed E-state index contributed by atoms with van der Waals surface area (Å²) in [6.45, 7) is 10.3. The molecular formula is C18H22N6. The van der Waals surface area contributed by atoms with Crippen LogP contribution < -0.4 is 9.80 Å². The highest BCUT2D eigenvalue weighted by Crippen LogP contribution is 2.24. The minimum Gasteiger partial charge on any atom is -0.368 e. The summed E-state index contributed by atoms with van der Waals surface area (Å²) < 4.78 is 1.83. The maximum absolute atomic E-state index is 4.43. The molecule has 6 heteroatoms. The number of hydrogen-bond donors (Lipinski definition) is 0. The summed E-state index contributed by atoms with van der Waals surface area (Å²) in [4.78, 5) is 13.5. The highest BCUT2D eigenvalue weighted by Gasteiger charge is 2.21. The Hall–Kier alpha value is -2.63. The van der Waals surface area contributed by atoms with Gasteiger partial charge < -0.3 is 9.80 Å². The van der Waals surface area contributed by atoms with Crippen molar-refractivity contribution in [2.75, 3.05) is 36.0 Å². The van der Waals surface area contributed by atoms with Crippen LogP contribution in [0.1, 0.15) is 16.8 Å². The number of anilines is 2. The normalized spacial score (nSPS) is 15.3. The fourth-order valence-corrected chi connectivity index (χ4v) is 3.47. The van der Waals surface area contributed by atoms with Gasteiger partial charge in [-0.25, -0.2) is 4.98 Å². The van der Waals surface area contributed by atoms with Crippen molar-refractivity contribution in [3.8, 4) is 0 Å². The second-order valence-corrected chi connectivity index (χ2v) is 6.49. The molecule has 0 saturated carbocycles. The molecule has 0 aliphatic carbocycles. The molecule has 0 bridgehead atoms. The van der Waals surface area contributed by atoms with Crippen molar-refractivity contribution < 1.29 is 0 Å². The summed E-state index contributed by atoms with van der Waals surface area (Å²) in [5.41, 5.74) is 4.98. The standard InChI is InChI=1S/C18H22N6/c1-13-4-5-16(14(2)10-13)22-6-8-23(9-7-22)17-11-15(3)21-18-19-12-20-24(17)18/h4-5,10-12H,6-9H2,1-3H3. The smallest absolute Gasteiger partial charge is 0.254 e. The number of aromatic nitrogens is 4. The van der Waals surface area contributed by atoms with E-state index in [-0.39, 0.29) is 0 Å². The van der Waals surface area contributed by atoms with Crippen LogP contribution in [0.25, 0.3) is 5.78 Å². The second kappa shape index (κ2) is 5.78. The molecule has 24 heavy (non-hydrogen) atoms. The zero-order valence-corrected chi connectivity index (χ0v) is 14.4. The lowest BCUT2D eigenvalue weighted by Gasteiger charge is -2.37. The molecule has 0 unspecified atom stereocenters. The number of piperazine rings is 1. The Balaban J connectivity index is 1.56. The van der Waals surface area contributed by atoms with Gasteiger partial charge in [-0.1, -0.05) is 17.7 Å². The first-order chi connectivity index (χ1) is 11.6. The molecule has 0 spiro atoms. The summed E-state index contributed by atoms with van der Waals surface area (Å²) in [6.07, 6.45) is 1.57. The highest BCUT2D eigenvalue weighted by atomic mass is 15.4. The molecule has 4 rings (SSSR count). The molecule has 1 aromatic carbocycles. The van der Waals surface area contributed by atoms with Gasteiger partial charge in [0.05, 0.1) is 0 Å². The van der Waals surface area contributed by atoms with E-state index in [1.807, 2.05) is 11.4 Å². The Bertz CT molecular complexity index is 876. The lowest BCUT2D eigenvalue weighted by molar-refractivity contribution is 0.637. The first kappa shape index (κ1) is 14.9. The van der Waals surface area contributed by atoms with Crippen molar-refractivity contribution in [2.45, 2.75) is 20.8 Å². The molecule has 6 nitrogen and oxygen atoms in total. The fraction of sp³-hybridized carbons (Fsp3) is 0.389. The number of benzene rings is 1. The maximum atomic E-state index is 4.43. The van der Waals surface area contributed by atoms with E-state index in [1.165, 1.54) is 16.8 Å². The molecule has 1 aliphatic heterocycles. The van der Waals surface area contributed by atoms with Crippen molar-refractivity contribution >= 4 is 17.3 Å². The van der Waals surface area contributed by atoms with Crippen LogP contribution in [0.2, 0.25) is 0 Å². The lowest BCUT2D eigenvalue weighted by atomic mass is 10.1. The molecular weight excluding hydrogens is 300 g/mol. The van der Waals surface area contributed by atoms with Crippen LogP contribution in [-0.2, 0) is 0 Å². The molecule has 1 saturated heterocycles. The molecule has 0 amide bonds. The van der Waals surface area contributed by atoms with Crippen LogP contribution in [0.15, 0.2) is 30.6 Å². The van der Waals surface area contributed by atoms with Gasteiger partial charge >= 0.3 is 0 Å². The number of nitrogens with zero attached hydrogens (tertiary/aromatic N) is 6. The van der Waals surface area contributed by atoms with Crippen molar-refractivity contribution in [3.05, 3.63) is 47.4 Å². The van der Waals surface area contributed by atoms with E-state index < -0.39 is 0 Å². The summed E-state index contributed by atoms with van der Waals surface area (Å²) in [5, 5.41) is 4.32. The number of rotatable bonds is 2. The molecule has 1 fully saturated rings. The highest BCUT2D eigenvalue weighted by molar-refractivity contribution is 5.56. The summed E-state index contributed by atoms with van der Waals surface area (Å²) in [5.74, 6) is 1.75. The molecule has 0 atom stereocenters. The second-order valence-electron chi connectivity index (χ2n) is 6.49. The minimum absolute atomic E-state index is 0.668. The predicted octanol–water partition coefficient (Wildman–Crippen LogP) is 2.38. The lowest BCUT2D eigenvalue weighted by Crippen LogP contribution is -2.47. The van der Waals surface area contributed by atoms with E-state index in [1.54, 1.807) is 6.33 Å². The molecule has 3 heterocycles. The van der Waals surface area contributed by atoms with Crippen LogP contribution >= 0.6 is 0 Å². The van der Waals surface area contributed by atoms with Crippen LogP contribution in [0.4, 0.5) is 11.5 Å². The van der Waals surface area contributed by atoms with Gasteiger partial charge in [-0.15, -0.1) is 0 Å². The molecule has 3 aromatic rings. The molecule has 2 aromatic heterocycles. The average Bonchev–Trinajstić information content (AvgIpc) is 3.02. The van der Waals surface area contributed by atoms with Crippen LogP contribution in [0, 0.1) is 20.8 Å². The zero-order valence-electron chi connectivity index (χ0n) is 14.4. The Kier molecular flexibility index (Phi) is 3.59. The minimum atomic E-state index is 0.668. The Labute approximate surface area is 141 Å². The molecule has 0 radical (unpaired) electrons. The first-order valence-corrected chi connectivity index (χ1v) is 8.36. The quantitative estimate of drug-likeness (QED) is 0.725. The van der Waals surface area contributed by atoms with Gasteiger partial charge in [-0.2, -0.15) is 14.6 Å². The third-order valence-electron chi connectivity index (χ3n) is 4.66. The Morgan fingerprint density at radius 3 is 2.42 bits per heavy atom. The monoisotopic (exact) mass is 322 g/mol. The van der Waals surface area contributed by atoms with Gasteiger partial charge in [0.2, 0.25) is 0 Å². The van der Waals surface area contributed by atoms with Gasteiger partial charge in [0.25, 0.3) is 5.78 Å². The molecule has 124 valence electrons. The van der Waals surface area contributed by atoms with E-state index in [0.717, 1.165) is 37.7 Å². The Morgan fingerprint density at radius 1 is 0.917 bits per heavy atom. The third-order valence-corrected chi connectivity index (χ3v) is 4.66. The summed E-state index contributed by atoms with van der Waals surface area (Å²) >= 11 is 0. The van der Waals surface area contributed by atoms with Gasteiger partial charge in [0, 0.05) is 43.6 Å². The molecule has 0 N–H and O–H groups in total. The topological polar surface area (TPSA) is 49.6 Å². The number of fused-ring (bicyclic) bond motifs is 1. The first-order valence-electron chi connectivity index (χ1n) is 8.36. The third kappa shape index (κ3) is 2.58. The van der Waals surface area contributed by atoms with Crippen molar-refractivity contribution in [1.82, 2.24) is 19.6 Å². The van der Waals surface area contributed by atoms with Crippen molar-refractivity contribution in [1.29, 1.82) is 0 Å². The average molecular weight is 322 g/mol. The number of hydrogen-bond acceptors (Lipinski definition) is 5. The van der Waals surface area contributed by atoms with Gasteiger partial charge in [0.1, 0.15) is 12.1 Å². The van der Waals surface area contributed by atoms with E-state index in [0.29, 0.717) is 5.78 Å². The van der Waals surface area contributed by atoms with E-state index in [9.17, 15) is 0 Å². The van der Waals surface area contributed by atoms with E-state index in [4.69, 9.17) is 0 Å². The zero-order chi connectivity index (χ0) is 16.7. The molecule has 1 aliphatic rings. The van der Waals surface area contributed by atoms with Crippen molar-refractivity contribution in [2.24, 2.45) is 0 Å². The van der Waals surface area contributed by atoms with Gasteiger partial charge in [0.15, 0.2) is 0 Å². The van der Waals surface area contributed by atoms with Gasteiger partial charge in [-0.05, 0) is 32.4 Å². The van der Waals surface area contributed by atoms with E-state index >= 15 is 0 Å².